The van der Waals surface area contributed by atoms with Crippen molar-refractivity contribution in [2.45, 2.75) is 19.9 Å². The van der Waals surface area contributed by atoms with Gasteiger partial charge in [0, 0.05) is 11.9 Å². The predicted octanol–water partition coefficient (Wildman–Crippen LogP) is 3.43. The Hall–Kier alpha value is -2.36. The van der Waals surface area contributed by atoms with Gasteiger partial charge in [-0.15, -0.1) is 0 Å². The number of ether oxygens (including phenoxy) is 1. The van der Waals surface area contributed by atoms with Crippen molar-refractivity contribution < 1.29 is 9.53 Å². The summed E-state index contributed by atoms with van der Waals surface area (Å²) in [4.78, 5) is 16.0. The molecule has 0 bridgehead atoms. The minimum Gasteiger partial charge on any atom is -0.462 e. The second kappa shape index (κ2) is 6.70. The number of benzene rings is 1. The summed E-state index contributed by atoms with van der Waals surface area (Å²) in [5.74, 6) is -0.304. The number of carbonyl (C=O) groups excluding carboxylic acids is 1. The van der Waals surface area contributed by atoms with Gasteiger partial charge in [-0.2, -0.15) is 0 Å². The third-order valence-corrected chi connectivity index (χ3v) is 2.89. The first-order valence-corrected chi connectivity index (χ1v) is 6.65. The maximum absolute atomic E-state index is 11.7. The lowest BCUT2D eigenvalue weighted by molar-refractivity contribution is 0.0526. The van der Waals surface area contributed by atoms with Crippen LogP contribution in [-0.4, -0.2) is 17.6 Å². The molecule has 0 aliphatic rings. The van der Waals surface area contributed by atoms with Crippen molar-refractivity contribution in [2.24, 2.45) is 0 Å². The Balaban J connectivity index is 2.10. The number of anilines is 1. The molecule has 4 nitrogen and oxygen atoms in total. The summed E-state index contributed by atoms with van der Waals surface area (Å²) in [7, 11) is 0. The lowest BCUT2D eigenvalue weighted by Crippen LogP contribution is -2.09. The van der Waals surface area contributed by atoms with Crippen LogP contribution in [0.15, 0.2) is 48.7 Å². The van der Waals surface area contributed by atoms with Crippen molar-refractivity contribution in [3.63, 3.8) is 0 Å². The van der Waals surface area contributed by atoms with Gasteiger partial charge >= 0.3 is 5.97 Å². The van der Waals surface area contributed by atoms with Gasteiger partial charge in [-0.05, 0) is 44.2 Å². The second-order valence-corrected chi connectivity index (χ2v) is 4.42. The lowest BCUT2D eigenvalue weighted by atomic mass is 10.1. The van der Waals surface area contributed by atoms with Gasteiger partial charge in [0.1, 0.15) is 0 Å². The quantitative estimate of drug-likeness (QED) is 0.846. The first-order valence-electron chi connectivity index (χ1n) is 6.65. The van der Waals surface area contributed by atoms with Gasteiger partial charge in [-0.3, -0.25) is 4.98 Å². The van der Waals surface area contributed by atoms with E-state index in [9.17, 15) is 4.79 Å². The van der Waals surface area contributed by atoms with Crippen molar-refractivity contribution in [3.8, 4) is 0 Å². The van der Waals surface area contributed by atoms with Crippen LogP contribution in [0, 0.1) is 0 Å². The first kappa shape index (κ1) is 14.1. The Morgan fingerprint density at radius 1 is 1.30 bits per heavy atom. The molecule has 0 fully saturated rings. The van der Waals surface area contributed by atoms with E-state index >= 15 is 0 Å². The number of hydrogen-bond acceptors (Lipinski definition) is 4. The fraction of sp³-hybridized carbons (Fsp3) is 0.250. The van der Waals surface area contributed by atoms with Crippen molar-refractivity contribution in [1.29, 1.82) is 0 Å². The molecule has 1 heterocycles. The Kier molecular flexibility index (Phi) is 4.71. The van der Waals surface area contributed by atoms with Crippen LogP contribution in [0.1, 0.15) is 35.9 Å². The first-order chi connectivity index (χ1) is 9.70. The zero-order valence-corrected chi connectivity index (χ0v) is 11.7. The summed E-state index contributed by atoms with van der Waals surface area (Å²) in [6, 6.07) is 13.2. The standard InChI is InChI=1S/C16H18N2O2/c1-3-20-16(19)13-7-6-8-14(11-13)18-12(2)15-9-4-5-10-17-15/h4-12,18H,3H2,1-2H3/t12-/m0/s1. The number of rotatable bonds is 5. The molecule has 0 saturated carbocycles. The van der Waals surface area contributed by atoms with E-state index in [1.54, 1.807) is 25.3 Å². The van der Waals surface area contributed by atoms with E-state index < -0.39 is 0 Å². The van der Waals surface area contributed by atoms with E-state index in [2.05, 4.69) is 10.3 Å². The highest BCUT2D eigenvalue weighted by molar-refractivity contribution is 5.90. The van der Waals surface area contributed by atoms with Crippen molar-refractivity contribution in [2.75, 3.05) is 11.9 Å². The van der Waals surface area contributed by atoms with Gasteiger partial charge in [0.2, 0.25) is 0 Å². The molecule has 1 N–H and O–H groups in total. The van der Waals surface area contributed by atoms with E-state index in [0.29, 0.717) is 12.2 Å². The van der Waals surface area contributed by atoms with Crippen LogP contribution in [0.4, 0.5) is 5.69 Å². The largest absolute Gasteiger partial charge is 0.462 e. The highest BCUT2D eigenvalue weighted by Gasteiger charge is 2.09. The van der Waals surface area contributed by atoms with Crippen LogP contribution >= 0.6 is 0 Å². The molecule has 1 aromatic carbocycles. The van der Waals surface area contributed by atoms with Gasteiger partial charge in [0.25, 0.3) is 0 Å². The molecule has 0 aliphatic heterocycles. The molecule has 2 rings (SSSR count). The number of hydrogen-bond donors (Lipinski definition) is 1. The summed E-state index contributed by atoms with van der Waals surface area (Å²) in [6.45, 7) is 4.20. The van der Waals surface area contributed by atoms with Crippen molar-refractivity contribution in [3.05, 3.63) is 59.9 Å². The minimum atomic E-state index is -0.304. The Morgan fingerprint density at radius 3 is 2.85 bits per heavy atom. The van der Waals surface area contributed by atoms with Crippen LogP contribution in [0.2, 0.25) is 0 Å². The molecule has 1 atom stereocenters. The summed E-state index contributed by atoms with van der Waals surface area (Å²) in [6.07, 6.45) is 1.77. The van der Waals surface area contributed by atoms with Crippen LogP contribution in [-0.2, 0) is 4.74 Å². The SMILES string of the molecule is CCOC(=O)c1cccc(N[C@@H](C)c2ccccn2)c1. The fourth-order valence-corrected chi connectivity index (χ4v) is 1.91. The van der Waals surface area contributed by atoms with E-state index in [1.807, 2.05) is 37.3 Å². The number of aromatic nitrogens is 1. The molecule has 0 radical (unpaired) electrons. The topological polar surface area (TPSA) is 51.2 Å². The maximum atomic E-state index is 11.7. The Morgan fingerprint density at radius 2 is 2.15 bits per heavy atom. The number of nitrogens with zero attached hydrogens (tertiary/aromatic N) is 1. The van der Waals surface area contributed by atoms with E-state index in [0.717, 1.165) is 11.4 Å². The van der Waals surface area contributed by atoms with E-state index in [4.69, 9.17) is 4.74 Å². The summed E-state index contributed by atoms with van der Waals surface area (Å²) in [5.41, 5.74) is 2.37. The molecule has 2 aromatic rings. The van der Waals surface area contributed by atoms with Gasteiger partial charge < -0.3 is 10.1 Å². The molecule has 4 heteroatoms. The molecule has 0 amide bonds. The highest BCUT2D eigenvalue weighted by Crippen LogP contribution is 2.18. The van der Waals surface area contributed by atoms with Crippen LogP contribution in [0.25, 0.3) is 0 Å². The molecule has 104 valence electrons. The second-order valence-electron chi connectivity index (χ2n) is 4.42. The van der Waals surface area contributed by atoms with Crippen LogP contribution in [0.5, 0.6) is 0 Å². The zero-order valence-electron chi connectivity index (χ0n) is 11.7. The van der Waals surface area contributed by atoms with Gasteiger partial charge in [-0.25, -0.2) is 4.79 Å². The third-order valence-electron chi connectivity index (χ3n) is 2.89. The lowest BCUT2D eigenvalue weighted by Gasteiger charge is -2.15. The number of carbonyl (C=O) groups is 1. The van der Waals surface area contributed by atoms with Gasteiger partial charge in [0.15, 0.2) is 0 Å². The maximum Gasteiger partial charge on any atom is 0.338 e. The molecular weight excluding hydrogens is 252 g/mol. The molecule has 0 spiro atoms. The van der Waals surface area contributed by atoms with Gasteiger partial charge in [-0.1, -0.05) is 12.1 Å². The normalized spacial score (nSPS) is 11.7. The summed E-state index contributed by atoms with van der Waals surface area (Å²) in [5, 5.41) is 3.33. The predicted molar refractivity (Wildman–Crippen MR) is 78.7 cm³/mol. The van der Waals surface area contributed by atoms with Crippen LogP contribution in [0.3, 0.4) is 0 Å². The van der Waals surface area contributed by atoms with E-state index in [-0.39, 0.29) is 12.0 Å². The molecular formula is C16H18N2O2. The molecule has 0 aliphatic carbocycles. The zero-order chi connectivity index (χ0) is 14.4. The van der Waals surface area contributed by atoms with Gasteiger partial charge in [0.05, 0.1) is 23.9 Å². The Labute approximate surface area is 118 Å². The van der Waals surface area contributed by atoms with Crippen molar-refractivity contribution >= 4 is 11.7 Å². The molecule has 0 saturated heterocycles. The minimum absolute atomic E-state index is 0.0636. The summed E-state index contributed by atoms with van der Waals surface area (Å²) >= 11 is 0. The van der Waals surface area contributed by atoms with E-state index in [1.165, 1.54) is 0 Å². The number of esters is 1. The number of nitrogens with one attached hydrogen (secondary N) is 1. The molecule has 0 unspecified atom stereocenters. The average molecular weight is 270 g/mol. The van der Waals surface area contributed by atoms with Crippen LogP contribution < -0.4 is 5.32 Å². The monoisotopic (exact) mass is 270 g/mol. The molecule has 20 heavy (non-hydrogen) atoms. The summed E-state index contributed by atoms with van der Waals surface area (Å²) < 4.78 is 4.99. The average Bonchev–Trinajstić information content (AvgIpc) is 2.48. The van der Waals surface area contributed by atoms with Crippen molar-refractivity contribution in [1.82, 2.24) is 4.98 Å². The molecule has 1 aromatic heterocycles. The highest BCUT2D eigenvalue weighted by atomic mass is 16.5. The third kappa shape index (κ3) is 3.57. The smallest absolute Gasteiger partial charge is 0.338 e. The fourth-order valence-electron chi connectivity index (χ4n) is 1.91. The Bertz CT molecular complexity index is 570. The number of pyridine rings is 1.